The standard InChI is InChI=1S/C22H25N3O3S.ClH/c1-27-18-8-9-19-20(16-18)29-22(23-19)25(21(26)17-6-3-2-4-7-17)11-5-10-24-12-14-28-15-13-24;/h2-4,6-9,16H,5,10-15H2,1H3;1H. The molecule has 160 valence electrons. The van der Waals surface area contributed by atoms with Gasteiger partial charge in [0, 0.05) is 31.7 Å². The Morgan fingerprint density at radius 3 is 2.70 bits per heavy atom. The number of fused-ring (bicyclic) bond motifs is 1. The van der Waals surface area contributed by atoms with Crippen molar-refractivity contribution in [3.63, 3.8) is 0 Å². The fraction of sp³-hybridized carbons (Fsp3) is 0.364. The van der Waals surface area contributed by atoms with Gasteiger partial charge in [-0.25, -0.2) is 4.98 Å². The minimum Gasteiger partial charge on any atom is -0.497 e. The van der Waals surface area contributed by atoms with E-state index in [2.05, 4.69) is 4.90 Å². The molecule has 0 saturated carbocycles. The molecule has 2 heterocycles. The molecule has 0 atom stereocenters. The van der Waals surface area contributed by atoms with Crippen molar-refractivity contribution in [1.82, 2.24) is 9.88 Å². The summed E-state index contributed by atoms with van der Waals surface area (Å²) in [5, 5.41) is 0.726. The van der Waals surface area contributed by atoms with Crippen LogP contribution in [0.3, 0.4) is 0 Å². The Balaban J connectivity index is 0.00000256. The van der Waals surface area contributed by atoms with E-state index in [4.69, 9.17) is 14.5 Å². The molecular weight excluding hydrogens is 422 g/mol. The number of carbonyl (C=O) groups is 1. The maximum atomic E-state index is 13.3. The van der Waals surface area contributed by atoms with Crippen LogP contribution in [0.4, 0.5) is 5.13 Å². The number of amides is 1. The van der Waals surface area contributed by atoms with Gasteiger partial charge in [0.1, 0.15) is 5.75 Å². The highest BCUT2D eigenvalue weighted by atomic mass is 35.5. The predicted molar refractivity (Wildman–Crippen MR) is 123 cm³/mol. The number of morpholine rings is 1. The van der Waals surface area contributed by atoms with Crippen LogP contribution in [0, 0.1) is 0 Å². The predicted octanol–water partition coefficient (Wildman–Crippen LogP) is 4.10. The van der Waals surface area contributed by atoms with Gasteiger partial charge in [-0.1, -0.05) is 29.5 Å². The van der Waals surface area contributed by atoms with Crippen LogP contribution in [0.1, 0.15) is 16.8 Å². The van der Waals surface area contributed by atoms with Gasteiger partial charge >= 0.3 is 0 Å². The highest BCUT2D eigenvalue weighted by Gasteiger charge is 2.22. The maximum absolute atomic E-state index is 13.3. The van der Waals surface area contributed by atoms with Crippen molar-refractivity contribution in [2.24, 2.45) is 0 Å². The third kappa shape index (κ3) is 5.29. The topological polar surface area (TPSA) is 54.9 Å². The van der Waals surface area contributed by atoms with Crippen LogP contribution in [0.2, 0.25) is 0 Å². The summed E-state index contributed by atoms with van der Waals surface area (Å²) >= 11 is 1.52. The molecule has 0 unspecified atom stereocenters. The number of thiazole rings is 1. The molecule has 3 aromatic rings. The lowest BCUT2D eigenvalue weighted by molar-refractivity contribution is 0.0376. The molecule has 1 aliphatic heterocycles. The van der Waals surface area contributed by atoms with E-state index in [1.807, 2.05) is 53.4 Å². The summed E-state index contributed by atoms with van der Waals surface area (Å²) in [5.41, 5.74) is 1.56. The van der Waals surface area contributed by atoms with E-state index < -0.39 is 0 Å². The molecule has 1 aromatic heterocycles. The van der Waals surface area contributed by atoms with Gasteiger partial charge in [-0.05, 0) is 36.8 Å². The number of rotatable bonds is 7. The average Bonchev–Trinajstić information content (AvgIpc) is 3.20. The van der Waals surface area contributed by atoms with Crippen molar-refractivity contribution in [2.75, 3.05) is 51.4 Å². The molecule has 1 amide bonds. The lowest BCUT2D eigenvalue weighted by Crippen LogP contribution is -2.39. The van der Waals surface area contributed by atoms with Gasteiger partial charge in [-0.2, -0.15) is 0 Å². The molecule has 8 heteroatoms. The van der Waals surface area contributed by atoms with E-state index in [0.717, 1.165) is 60.4 Å². The smallest absolute Gasteiger partial charge is 0.260 e. The summed E-state index contributed by atoms with van der Waals surface area (Å²) < 4.78 is 11.8. The van der Waals surface area contributed by atoms with Crippen LogP contribution in [0.25, 0.3) is 10.2 Å². The number of carbonyl (C=O) groups excluding carboxylic acids is 1. The number of methoxy groups -OCH3 is 1. The molecule has 30 heavy (non-hydrogen) atoms. The third-order valence-corrected chi connectivity index (χ3v) is 6.08. The minimum atomic E-state index is -0.0152. The van der Waals surface area contributed by atoms with Crippen molar-refractivity contribution < 1.29 is 14.3 Å². The zero-order chi connectivity index (χ0) is 20.1. The highest BCUT2D eigenvalue weighted by molar-refractivity contribution is 7.22. The van der Waals surface area contributed by atoms with E-state index in [0.29, 0.717) is 12.1 Å². The van der Waals surface area contributed by atoms with Crippen molar-refractivity contribution in [2.45, 2.75) is 6.42 Å². The highest BCUT2D eigenvalue weighted by Crippen LogP contribution is 2.32. The molecular formula is C22H26ClN3O3S. The van der Waals surface area contributed by atoms with E-state index >= 15 is 0 Å². The van der Waals surface area contributed by atoms with Crippen molar-refractivity contribution in [1.29, 1.82) is 0 Å². The number of nitrogens with zero attached hydrogens (tertiary/aromatic N) is 3. The van der Waals surface area contributed by atoms with E-state index in [-0.39, 0.29) is 18.3 Å². The Kier molecular flexibility index (Phi) is 8.04. The summed E-state index contributed by atoms with van der Waals surface area (Å²) in [4.78, 5) is 22.2. The van der Waals surface area contributed by atoms with Crippen LogP contribution in [-0.4, -0.2) is 62.3 Å². The van der Waals surface area contributed by atoms with Crippen LogP contribution >= 0.6 is 23.7 Å². The zero-order valence-corrected chi connectivity index (χ0v) is 18.6. The summed E-state index contributed by atoms with van der Waals surface area (Å²) in [6.07, 6.45) is 0.887. The molecule has 1 aliphatic rings. The minimum absolute atomic E-state index is 0. The van der Waals surface area contributed by atoms with Gasteiger partial charge < -0.3 is 9.47 Å². The molecule has 2 aromatic carbocycles. The summed E-state index contributed by atoms with van der Waals surface area (Å²) in [6, 6.07) is 15.2. The number of aromatic nitrogens is 1. The fourth-order valence-corrected chi connectivity index (χ4v) is 4.45. The lowest BCUT2D eigenvalue weighted by atomic mass is 10.2. The van der Waals surface area contributed by atoms with Gasteiger partial charge in [-0.3, -0.25) is 14.6 Å². The molecule has 1 saturated heterocycles. The van der Waals surface area contributed by atoms with Gasteiger partial charge in [0.15, 0.2) is 5.13 Å². The maximum Gasteiger partial charge on any atom is 0.260 e. The molecule has 0 bridgehead atoms. The second-order valence-electron chi connectivity index (χ2n) is 6.96. The van der Waals surface area contributed by atoms with E-state index in [1.54, 1.807) is 7.11 Å². The largest absolute Gasteiger partial charge is 0.497 e. The first-order valence-corrected chi connectivity index (χ1v) is 10.7. The zero-order valence-electron chi connectivity index (χ0n) is 17.0. The first-order valence-electron chi connectivity index (χ1n) is 9.86. The van der Waals surface area contributed by atoms with Gasteiger partial charge in [-0.15, -0.1) is 12.4 Å². The Labute approximate surface area is 186 Å². The Hall–Kier alpha value is -2.19. The van der Waals surface area contributed by atoms with E-state index in [1.165, 1.54) is 11.3 Å². The number of ether oxygens (including phenoxy) is 2. The van der Waals surface area contributed by atoms with Gasteiger partial charge in [0.05, 0.1) is 30.5 Å². The molecule has 6 nitrogen and oxygen atoms in total. The van der Waals surface area contributed by atoms with Crippen molar-refractivity contribution >= 4 is 45.0 Å². The second-order valence-corrected chi connectivity index (χ2v) is 7.97. The first-order chi connectivity index (χ1) is 14.2. The van der Waals surface area contributed by atoms with Crippen LogP contribution < -0.4 is 9.64 Å². The Bertz CT molecular complexity index is 961. The third-order valence-electron chi connectivity index (χ3n) is 5.04. The van der Waals surface area contributed by atoms with Crippen LogP contribution in [0.5, 0.6) is 5.75 Å². The second kappa shape index (κ2) is 10.7. The number of halogens is 1. The quantitative estimate of drug-likeness (QED) is 0.546. The van der Waals surface area contributed by atoms with Crippen LogP contribution in [-0.2, 0) is 4.74 Å². The monoisotopic (exact) mass is 447 g/mol. The first kappa shape index (κ1) is 22.5. The van der Waals surface area contributed by atoms with Gasteiger partial charge in [0.2, 0.25) is 0 Å². The Morgan fingerprint density at radius 2 is 1.97 bits per heavy atom. The normalized spacial score (nSPS) is 14.3. The molecule has 0 radical (unpaired) electrons. The summed E-state index contributed by atoms with van der Waals surface area (Å²) in [6.45, 7) is 5.04. The number of hydrogen-bond donors (Lipinski definition) is 0. The molecule has 4 rings (SSSR count). The van der Waals surface area contributed by atoms with Crippen molar-refractivity contribution in [3.05, 3.63) is 54.1 Å². The number of hydrogen-bond acceptors (Lipinski definition) is 6. The van der Waals surface area contributed by atoms with Gasteiger partial charge in [0.25, 0.3) is 5.91 Å². The van der Waals surface area contributed by atoms with E-state index in [9.17, 15) is 4.79 Å². The Morgan fingerprint density at radius 1 is 1.20 bits per heavy atom. The molecule has 1 fully saturated rings. The molecule has 0 N–H and O–H groups in total. The number of anilines is 1. The fourth-order valence-electron chi connectivity index (χ4n) is 3.43. The molecule has 0 aliphatic carbocycles. The van der Waals surface area contributed by atoms with Crippen molar-refractivity contribution in [3.8, 4) is 5.75 Å². The lowest BCUT2D eigenvalue weighted by Gasteiger charge is -2.27. The van der Waals surface area contributed by atoms with Crippen LogP contribution in [0.15, 0.2) is 48.5 Å². The summed E-state index contributed by atoms with van der Waals surface area (Å²) in [7, 11) is 1.65. The number of benzene rings is 2. The SMILES string of the molecule is COc1ccc2nc(N(CCCN3CCOCC3)C(=O)c3ccccc3)sc2c1.Cl. The summed E-state index contributed by atoms with van der Waals surface area (Å²) in [5.74, 6) is 0.777. The molecule has 0 spiro atoms. The average molecular weight is 448 g/mol.